The van der Waals surface area contributed by atoms with Crippen molar-refractivity contribution in [3.05, 3.63) is 56.6 Å². The summed E-state index contributed by atoms with van der Waals surface area (Å²) < 4.78 is 40.0. The average molecular weight is 320 g/mol. The van der Waals surface area contributed by atoms with Crippen LogP contribution in [0.2, 0.25) is 0 Å². The van der Waals surface area contributed by atoms with Gasteiger partial charge in [-0.05, 0) is 105 Å². The van der Waals surface area contributed by atoms with E-state index in [0.29, 0.717) is 16.7 Å². The second-order valence-corrected chi connectivity index (χ2v) is 6.46. The first-order valence-corrected chi connectivity index (χ1v) is 7.72. The molecule has 2 aromatic carbocycles. The number of alkyl halides is 3. The first kappa shape index (κ1) is 17.6. The molecule has 0 amide bonds. The van der Waals surface area contributed by atoms with E-state index in [-0.39, 0.29) is 0 Å². The lowest BCUT2D eigenvalue weighted by Gasteiger charge is -2.21. The highest BCUT2D eigenvalue weighted by atomic mass is 19.4. The number of halogens is 3. The van der Waals surface area contributed by atoms with Crippen LogP contribution in [0.5, 0.6) is 0 Å². The number of hydrogen-bond acceptors (Lipinski definition) is 0. The first-order valence-electron chi connectivity index (χ1n) is 7.72. The number of benzene rings is 2. The van der Waals surface area contributed by atoms with E-state index >= 15 is 0 Å². The van der Waals surface area contributed by atoms with E-state index < -0.39 is 11.7 Å². The van der Waals surface area contributed by atoms with Gasteiger partial charge in [-0.1, -0.05) is 6.07 Å². The van der Waals surface area contributed by atoms with Crippen LogP contribution < -0.4 is 0 Å². The van der Waals surface area contributed by atoms with E-state index in [4.69, 9.17) is 0 Å². The number of rotatable bonds is 1. The molecule has 0 atom stereocenters. The fourth-order valence-corrected chi connectivity index (χ4v) is 3.23. The molecule has 0 heterocycles. The molecule has 0 bridgehead atoms. The number of hydrogen-bond donors (Lipinski definition) is 0. The molecule has 0 aliphatic rings. The predicted molar refractivity (Wildman–Crippen MR) is 90.0 cm³/mol. The molecule has 23 heavy (non-hydrogen) atoms. The van der Waals surface area contributed by atoms with E-state index in [1.807, 2.05) is 33.8 Å². The van der Waals surface area contributed by atoms with Gasteiger partial charge in [-0.3, -0.25) is 0 Å². The van der Waals surface area contributed by atoms with Crippen LogP contribution in [0.15, 0.2) is 12.1 Å². The van der Waals surface area contributed by atoms with E-state index in [0.717, 1.165) is 27.8 Å². The summed E-state index contributed by atoms with van der Waals surface area (Å²) in [6.45, 7) is 13.4. The molecule has 0 radical (unpaired) electrons. The Morgan fingerprint density at radius 3 is 1.48 bits per heavy atom. The van der Waals surface area contributed by atoms with Gasteiger partial charge < -0.3 is 0 Å². The van der Waals surface area contributed by atoms with Gasteiger partial charge in [0.2, 0.25) is 0 Å². The molecule has 0 aliphatic heterocycles. The Hall–Kier alpha value is -1.77. The summed E-state index contributed by atoms with van der Waals surface area (Å²) in [6, 6.07) is 3.17. The molecule has 2 aromatic rings. The van der Waals surface area contributed by atoms with Crippen molar-refractivity contribution in [1.29, 1.82) is 0 Å². The van der Waals surface area contributed by atoms with Crippen LogP contribution in [0, 0.1) is 48.5 Å². The van der Waals surface area contributed by atoms with Crippen LogP contribution in [0.3, 0.4) is 0 Å². The van der Waals surface area contributed by atoms with Gasteiger partial charge in [-0.15, -0.1) is 0 Å². The maximum absolute atomic E-state index is 13.3. The number of aryl methyl sites for hydroxylation is 1. The maximum atomic E-state index is 13.3. The minimum absolute atomic E-state index is 0.303. The minimum Gasteiger partial charge on any atom is -0.166 e. The fraction of sp³-hybridized carbons (Fsp3) is 0.400. The van der Waals surface area contributed by atoms with Gasteiger partial charge in [0.05, 0.1) is 5.56 Å². The zero-order chi connectivity index (χ0) is 17.7. The summed E-state index contributed by atoms with van der Waals surface area (Å²) in [5, 5.41) is 0. The summed E-state index contributed by atoms with van der Waals surface area (Å²) in [7, 11) is 0. The molecule has 0 aliphatic carbocycles. The molecule has 2 rings (SSSR count). The zero-order valence-electron chi connectivity index (χ0n) is 14.8. The van der Waals surface area contributed by atoms with Crippen molar-refractivity contribution in [2.75, 3.05) is 0 Å². The quantitative estimate of drug-likeness (QED) is 0.560. The van der Waals surface area contributed by atoms with Crippen molar-refractivity contribution in [2.24, 2.45) is 0 Å². The molecule has 0 unspecified atom stereocenters. The monoisotopic (exact) mass is 320 g/mol. The lowest BCUT2D eigenvalue weighted by atomic mass is 9.84. The highest BCUT2D eigenvalue weighted by Crippen LogP contribution is 2.39. The molecule has 0 saturated carbocycles. The smallest absolute Gasteiger partial charge is 0.166 e. The molecule has 0 fully saturated rings. The van der Waals surface area contributed by atoms with Crippen molar-refractivity contribution in [3.63, 3.8) is 0 Å². The van der Waals surface area contributed by atoms with Crippen molar-refractivity contribution in [3.8, 4) is 11.1 Å². The summed E-state index contributed by atoms with van der Waals surface area (Å²) in [5.41, 5.74) is 7.64. The van der Waals surface area contributed by atoms with Crippen LogP contribution in [-0.2, 0) is 6.18 Å². The van der Waals surface area contributed by atoms with Gasteiger partial charge in [0.25, 0.3) is 0 Å². The molecule has 0 N–H and O–H groups in total. The third-order valence-corrected chi connectivity index (χ3v) is 5.26. The fourth-order valence-electron chi connectivity index (χ4n) is 3.23. The highest BCUT2D eigenvalue weighted by molar-refractivity contribution is 5.76. The van der Waals surface area contributed by atoms with Crippen LogP contribution in [0.1, 0.15) is 44.5 Å². The van der Waals surface area contributed by atoms with Gasteiger partial charge in [0.15, 0.2) is 0 Å². The summed E-state index contributed by atoms with van der Waals surface area (Å²) in [4.78, 5) is 0. The normalized spacial score (nSPS) is 11.9. The Labute approximate surface area is 136 Å². The van der Waals surface area contributed by atoms with Crippen molar-refractivity contribution < 1.29 is 13.2 Å². The Bertz CT molecular complexity index is 752. The second kappa shape index (κ2) is 5.70. The molecular weight excluding hydrogens is 297 g/mol. The Morgan fingerprint density at radius 2 is 1.04 bits per heavy atom. The molecule has 124 valence electrons. The lowest BCUT2D eigenvalue weighted by Crippen LogP contribution is -2.09. The molecule has 0 spiro atoms. The second-order valence-electron chi connectivity index (χ2n) is 6.46. The standard InChI is InChI=1S/C20H23F3/c1-10-8-17(9-18(11(10)2)20(21,22)23)19-15(6)13(4)12(3)14(5)16(19)7/h8-9H,1-7H3. The van der Waals surface area contributed by atoms with Crippen LogP contribution in [-0.4, -0.2) is 0 Å². The van der Waals surface area contributed by atoms with Crippen LogP contribution in [0.4, 0.5) is 13.2 Å². The van der Waals surface area contributed by atoms with Crippen LogP contribution in [0.25, 0.3) is 11.1 Å². The summed E-state index contributed by atoms with van der Waals surface area (Å²) >= 11 is 0. The highest BCUT2D eigenvalue weighted by Gasteiger charge is 2.33. The Morgan fingerprint density at radius 1 is 0.609 bits per heavy atom. The van der Waals surface area contributed by atoms with Gasteiger partial charge >= 0.3 is 6.18 Å². The minimum atomic E-state index is -4.33. The molecule has 0 saturated heterocycles. The van der Waals surface area contributed by atoms with Gasteiger partial charge in [-0.25, -0.2) is 0 Å². The molecule has 3 heteroatoms. The first-order chi connectivity index (χ1) is 10.5. The van der Waals surface area contributed by atoms with Gasteiger partial charge in [0.1, 0.15) is 0 Å². The van der Waals surface area contributed by atoms with Gasteiger partial charge in [0, 0.05) is 0 Å². The summed E-state index contributed by atoms with van der Waals surface area (Å²) in [6.07, 6.45) is -4.33. The van der Waals surface area contributed by atoms with Crippen molar-refractivity contribution in [2.45, 2.75) is 54.6 Å². The van der Waals surface area contributed by atoms with E-state index in [9.17, 15) is 13.2 Å². The lowest BCUT2D eigenvalue weighted by molar-refractivity contribution is -0.138. The van der Waals surface area contributed by atoms with E-state index in [2.05, 4.69) is 6.92 Å². The van der Waals surface area contributed by atoms with E-state index in [1.165, 1.54) is 18.6 Å². The SMILES string of the molecule is Cc1cc(-c2c(C)c(C)c(C)c(C)c2C)cc(C(F)(F)F)c1C. The Balaban J connectivity index is 2.87. The maximum Gasteiger partial charge on any atom is 0.416 e. The van der Waals surface area contributed by atoms with Crippen molar-refractivity contribution in [1.82, 2.24) is 0 Å². The molecule has 0 aromatic heterocycles. The summed E-state index contributed by atoms with van der Waals surface area (Å²) in [5.74, 6) is 0. The third-order valence-electron chi connectivity index (χ3n) is 5.26. The Kier molecular flexibility index (Phi) is 4.36. The van der Waals surface area contributed by atoms with Crippen LogP contribution >= 0.6 is 0 Å². The molecule has 0 nitrogen and oxygen atoms in total. The largest absolute Gasteiger partial charge is 0.416 e. The molecular formula is C20H23F3. The average Bonchev–Trinajstić information content (AvgIpc) is 2.45. The predicted octanol–water partition coefficient (Wildman–Crippen LogP) is 6.53. The van der Waals surface area contributed by atoms with Gasteiger partial charge in [-0.2, -0.15) is 13.2 Å². The van der Waals surface area contributed by atoms with E-state index in [1.54, 1.807) is 6.92 Å². The third kappa shape index (κ3) is 2.89. The van der Waals surface area contributed by atoms with Crippen molar-refractivity contribution >= 4 is 0 Å². The zero-order valence-corrected chi connectivity index (χ0v) is 14.8. The topological polar surface area (TPSA) is 0 Å².